The number of thiophene rings is 1. The number of nitrogens with one attached hydrogen (secondary N) is 1. The fourth-order valence-electron chi connectivity index (χ4n) is 2.66. The van der Waals surface area contributed by atoms with Crippen LogP contribution in [0.1, 0.15) is 16.9 Å². The predicted molar refractivity (Wildman–Crippen MR) is 83.0 cm³/mol. The number of benzene rings is 1. The molecule has 3 rings (SSSR count). The van der Waals surface area contributed by atoms with Crippen molar-refractivity contribution in [2.75, 3.05) is 24.5 Å². The monoisotopic (exact) mass is 272 g/mol. The summed E-state index contributed by atoms with van der Waals surface area (Å²) in [6, 6.07) is 13.1. The molecule has 0 atom stereocenters. The number of anilines is 1. The van der Waals surface area contributed by atoms with Crippen molar-refractivity contribution in [2.45, 2.75) is 19.4 Å². The van der Waals surface area contributed by atoms with Crippen molar-refractivity contribution in [1.82, 2.24) is 5.32 Å². The van der Waals surface area contributed by atoms with Crippen molar-refractivity contribution in [2.24, 2.45) is 0 Å². The van der Waals surface area contributed by atoms with Gasteiger partial charge in [0.2, 0.25) is 0 Å². The van der Waals surface area contributed by atoms with Crippen molar-refractivity contribution in [3.63, 3.8) is 0 Å². The molecule has 1 aromatic heterocycles. The number of rotatable bonds is 6. The Morgan fingerprint density at radius 1 is 1.16 bits per heavy atom. The Kier molecular flexibility index (Phi) is 4.16. The summed E-state index contributed by atoms with van der Waals surface area (Å²) in [5.41, 5.74) is 2.95. The van der Waals surface area contributed by atoms with Gasteiger partial charge in [0.25, 0.3) is 0 Å². The maximum absolute atomic E-state index is 3.52. The summed E-state index contributed by atoms with van der Waals surface area (Å²) in [5, 5.41) is 5.66. The smallest absolute Gasteiger partial charge is 0.0399 e. The van der Waals surface area contributed by atoms with Crippen LogP contribution in [0.15, 0.2) is 41.8 Å². The first-order valence-electron chi connectivity index (χ1n) is 6.99. The minimum Gasteiger partial charge on any atom is -0.371 e. The molecule has 2 heterocycles. The van der Waals surface area contributed by atoms with Crippen LogP contribution in [-0.4, -0.2) is 19.6 Å². The summed E-state index contributed by atoms with van der Waals surface area (Å²) in [7, 11) is 0. The SMILES string of the molecule is c1csc(CNCCCN2CCc3ccccc32)c1. The molecule has 0 amide bonds. The third-order valence-corrected chi connectivity index (χ3v) is 4.52. The second-order valence-electron chi connectivity index (χ2n) is 4.98. The molecule has 2 aromatic rings. The predicted octanol–water partition coefficient (Wildman–Crippen LogP) is 3.29. The van der Waals surface area contributed by atoms with Crippen molar-refractivity contribution in [3.05, 3.63) is 52.2 Å². The average molecular weight is 272 g/mol. The van der Waals surface area contributed by atoms with Crippen LogP contribution in [0, 0.1) is 0 Å². The van der Waals surface area contributed by atoms with Crippen LogP contribution in [0.25, 0.3) is 0 Å². The van der Waals surface area contributed by atoms with Crippen LogP contribution in [0.2, 0.25) is 0 Å². The highest BCUT2D eigenvalue weighted by Gasteiger charge is 2.16. The van der Waals surface area contributed by atoms with Gasteiger partial charge in [-0.3, -0.25) is 0 Å². The van der Waals surface area contributed by atoms with Crippen molar-refractivity contribution >= 4 is 17.0 Å². The van der Waals surface area contributed by atoms with E-state index < -0.39 is 0 Å². The Morgan fingerprint density at radius 2 is 2.11 bits per heavy atom. The molecule has 1 aromatic carbocycles. The van der Waals surface area contributed by atoms with E-state index in [4.69, 9.17) is 0 Å². The van der Waals surface area contributed by atoms with E-state index in [9.17, 15) is 0 Å². The minimum atomic E-state index is 1.01. The van der Waals surface area contributed by atoms with Gasteiger partial charge in [0.1, 0.15) is 0 Å². The molecule has 0 bridgehead atoms. The highest BCUT2D eigenvalue weighted by molar-refractivity contribution is 7.09. The van der Waals surface area contributed by atoms with E-state index in [1.165, 1.54) is 35.5 Å². The van der Waals surface area contributed by atoms with Crippen molar-refractivity contribution in [3.8, 4) is 0 Å². The van der Waals surface area contributed by atoms with E-state index in [-0.39, 0.29) is 0 Å². The van der Waals surface area contributed by atoms with Gasteiger partial charge >= 0.3 is 0 Å². The van der Waals surface area contributed by atoms with Gasteiger partial charge in [0.15, 0.2) is 0 Å². The van der Waals surface area contributed by atoms with Gasteiger partial charge in [-0.05, 0) is 42.5 Å². The summed E-state index contributed by atoms with van der Waals surface area (Å²) in [6.07, 6.45) is 2.42. The second kappa shape index (κ2) is 6.22. The fourth-order valence-corrected chi connectivity index (χ4v) is 3.33. The van der Waals surface area contributed by atoms with Crippen LogP contribution in [0.4, 0.5) is 5.69 Å². The Hall–Kier alpha value is -1.32. The Balaban J connectivity index is 1.39. The lowest BCUT2D eigenvalue weighted by molar-refractivity contribution is 0.642. The summed E-state index contributed by atoms with van der Waals surface area (Å²) in [4.78, 5) is 3.94. The van der Waals surface area contributed by atoms with Gasteiger partial charge in [-0.25, -0.2) is 0 Å². The molecule has 0 unspecified atom stereocenters. The Labute approximate surface area is 119 Å². The lowest BCUT2D eigenvalue weighted by Crippen LogP contribution is -2.25. The normalized spacial score (nSPS) is 13.8. The summed E-state index contributed by atoms with van der Waals surface area (Å²) >= 11 is 1.82. The first-order valence-corrected chi connectivity index (χ1v) is 7.87. The van der Waals surface area contributed by atoms with Crippen LogP contribution < -0.4 is 10.2 Å². The first-order chi connectivity index (χ1) is 9.43. The Bertz CT molecular complexity index is 507. The highest BCUT2D eigenvalue weighted by atomic mass is 32.1. The molecule has 19 heavy (non-hydrogen) atoms. The standard InChI is InChI=1S/C16H20N2S/c1-2-7-16-14(5-1)8-11-18(16)10-4-9-17-13-15-6-3-12-19-15/h1-3,5-7,12,17H,4,8-11,13H2. The molecule has 2 nitrogen and oxygen atoms in total. The van der Waals surface area contributed by atoms with E-state index in [1.54, 1.807) is 0 Å². The van der Waals surface area contributed by atoms with Crippen molar-refractivity contribution < 1.29 is 0 Å². The maximum Gasteiger partial charge on any atom is 0.0399 e. The van der Waals surface area contributed by atoms with E-state index in [1.807, 2.05) is 11.3 Å². The largest absolute Gasteiger partial charge is 0.371 e. The van der Waals surface area contributed by atoms with Gasteiger partial charge in [-0.1, -0.05) is 24.3 Å². The molecule has 0 saturated heterocycles. The van der Waals surface area contributed by atoms with E-state index in [0.717, 1.165) is 19.6 Å². The molecule has 1 aliphatic rings. The first kappa shape index (κ1) is 12.7. The number of fused-ring (bicyclic) bond motifs is 1. The molecule has 1 N–H and O–H groups in total. The molecule has 0 aliphatic carbocycles. The molecule has 0 spiro atoms. The lowest BCUT2D eigenvalue weighted by Gasteiger charge is -2.19. The van der Waals surface area contributed by atoms with Gasteiger partial charge in [-0.2, -0.15) is 0 Å². The number of para-hydroxylation sites is 1. The average Bonchev–Trinajstić information content (AvgIpc) is 3.08. The molecule has 3 heteroatoms. The van der Waals surface area contributed by atoms with Gasteiger partial charge in [-0.15, -0.1) is 11.3 Å². The van der Waals surface area contributed by atoms with Crippen LogP contribution in [-0.2, 0) is 13.0 Å². The molecule has 100 valence electrons. The van der Waals surface area contributed by atoms with E-state index >= 15 is 0 Å². The highest BCUT2D eigenvalue weighted by Crippen LogP contribution is 2.27. The summed E-state index contributed by atoms with van der Waals surface area (Å²) < 4.78 is 0. The molecule has 0 fully saturated rings. The lowest BCUT2D eigenvalue weighted by atomic mass is 10.2. The third-order valence-electron chi connectivity index (χ3n) is 3.64. The zero-order valence-corrected chi connectivity index (χ0v) is 12.0. The zero-order chi connectivity index (χ0) is 12.9. The Morgan fingerprint density at radius 3 is 3.00 bits per heavy atom. The maximum atomic E-state index is 3.52. The van der Waals surface area contributed by atoms with Crippen LogP contribution in [0.3, 0.4) is 0 Å². The quantitative estimate of drug-likeness (QED) is 0.812. The molecule has 0 saturated carbocycles. The van der Waals surface area contributed by atoms with Gasteiger partial charge < -0.3 is 10.2 Å². The number of nitrogens with zero attached hydrogens (tertiary/aromatic N) is 1. The van der Waals surface area contributed by atoms with E-state index in [0.29, 0.717) is 0 Å². The molecule has 1 aliphatic heterocycles. The van der Waals surface area contributed by atoms with Crippen LogP contribution >= 0.6 is 11.3 Å². The van der Waals surface area contributed by atoms with Gasteiger partial charge in [0.05, 0.1) is 0 Å². The number of hydrogen-bond donors (Lipinski definition) is 1. The molecule has 0 radical (unpaired) electrons. The summed E-state index contributed by atoms with van der Waals surface area (Å²) in [6.45, 7) is 4.45. The zero-order valence-electron chi connectivity index (χ0n) is 11.1. The van der Waals surface area contributed by atoms with Crippen LogP contribution in [0.5, 0.6) is 0 Å². The molecular formula is C16H20N2S. The molecular weight excluding hydrogens is 252 g/mol. The summed E-state index contributed by atoms with van der Waals surface area (Å²) in [5.74, 6) is 0. The number of hydrogen-bond acceptors (Lipinski definition) is 3. The van der Waals surface area contributed by atoms with E-state index in [2.05, 4.69) is 52.0 Å². The van der Waals surface area contributed by atoms with Gasteiger partial charge in [0, 0.05) is 30.2 Å². The fraction of sp³-hybridized carbons (Fsp3) is 0.375. The topological polar surface area (TPSA) is 15.3 Å². The minimum absolute atomic E-state index is 1.01. The third kappa shape index (κ3) is 3.17. The second-order valence-corrected chi connectivity index (χ2v) is 6.01. The van der Waals surface area contributed by atoms with Crippen molar-refractivity contribution in [1.29, 1.82) is 0 Å².